The highest BCUT2D eigenvalue weighted by Crippen LogP contribution is 2.28. The van der Waals surface area contributed by atoms with Crippen molar-refractivity contribution in [2.24, 2.45) is 7.05 Å². The first-order valence-electron chi connectivity index (χ1n) is 9.27. The third-order valence-electron chi connectivity index (χ3n) is 4.94. The number of hydrogen-bond donors (Lipinski definition) is 1. The van der Waals surface area contributed by atoms with E-state index in [9.17, 15) is 13.2 Å². The highest BCUT2D eigenvalue weighted by Gasteiger charge is 2.39. The van der Waals surface area contributed by atoms with Crippen molar-refractivity contribution in [1.29, 1.82) is 0 Å². The molecule has 2 aromatic carbocycles. The molecule has 11 heteroatoms. The van der Waals surface area contributed by atoms with Gasteiger partial charge in [-0.05, 0) is 59.7 Å². The smallest absolute Gasteiger partial charge is 0.243 e. The van der Waals surface area contributed by atoms with Gasteiger partial charge >= 0.3 is 0 Å². The number of halogens is 1. The molecule has 30 heavy (non-hydrogen) atoms. The van der Waals surface area contributed by atoms with E-state index in [-0.39, 0.29) is 17.3 Å². The number of tetrazole rings is 1. The molecule has 0 radical (unpaired) electrons. The maximum atomic E-state index is 13.0. The molecule has 156 valence electrons. The molecule has 1 saturated heterocycles. The first-order chi connectivity index (χ1) is 14.4. The molecule has 1 fully saturated rings. The molecule has 3 aromatic rings. The van der Waals surface area contributed by atoms with E-state index in [1.54, 1.807) is 25.2 Å². The Morgan fingerprint density at radius 3 is 2.67 bits per heavy atom. The summed E-state index contributed by atoms with van der Waals surface area (Å²) in [5.41, 5.74) is 1.27. The molecule has 4 rings (SSSR count). The Morgan fingerprint density at radius 1 is 1.20 bits per heavy atom. The highest BCUT2D eigenvalue weighted by atomic mass is 35.5. The van der Waals surface area contributed by atoms with Crippen LogP contribution >= 0.6 is 11.6 Å². The number of aromatic nitrogens is 4. The standard InChI is InChI=1S/C19H19ClN6O3S/c1-25-18(22-23-24-25)13-4-2-5-15(12-13)21-19(27)17-6-3-11-26(17)30(28,29)16-9-7-14(20)8-10-16/h2,4-5,7-10,12,17H,3,6,11H2,1H3,(H,21,27)/t17-/m1/s1. The van der Waals surface area contributed by atoms with E-state index in [2.05, 4.69) is 20.8 Å². The maximum absolute atomic E-state index is 13.0. The monoisotopic (exact) mass is 446 g/mol. The van der Waals surface area contributed by atoms with E-state index < -0.39 is 16.1 Å². The van der Waals surface area contributed by atoms with Crippen LogP contribution < -0.4 is 5.32 Å². The predicted molar refractivity (Wildman–Crippen MR) is 111 cm³/mol. The average Bonchev–Trinajstić information content (AvgIpc) is 3.38. The van der Waals surface area contributed by atoms with Crippen molar-refractivity contribution in [2.45, 2.75) is 23.8 Å². The summed E-state index contributed by atoms with van der Waals surface area (Å²) in [5, 5.41) is 14.7. The van der Waals surface area contributed by atoms with Crippen LogP contribution in [0.5, 0.6) is 0 Å². The Bertz CT molecular complexity index is 1180. The maximum Gasteiger partial charge on any atom is 0.243 e. The van der Waals surface area contributed by atoms with Gasteiger partial charge in [-0.25, -0.2) is 13.1 Å². The summed E-state index contributed by atoms with van der Waals surface area (Å²) >= 11 is 5.86. The van der Waals surface area contributed by atoms with Crippen LogP contribution in [0.1, 0.15) is 12.8 Å². The summed E-state index contributed by atoms with van der Waals surface area (Å²) in [6, 6.07) is 12.2. The van der Waals surface area contributed by atoms with Gasteiger partial charge in [-0.1, -0.05) is 23.7 Å². The summed E-state index contributed by atoms with van der Waals surface area (Å²) in [6.07, 6.45) is 1.06. The van der Waals surface area contributed by atoms with Crippen LogP contribution in [0.2, 0.25) is 5.02 Å². The number of anilines is 1. The number of amides is 1. The Labute approximate surface area is 178 Å². The number of sulfonamides is 1. The molecular weight excluding hydrogens is 428 g/mol. The van der Waals surface area contributed by atoms with Crippen LogP contribution in [0.15, 0.2) is 53.4 Å². The Balaban J connectivity index is 1.55. The molecule has 1 aromatic heterocycles. The first-order valence-corrected chi connectivity index (χ1v) is 11.1. The molecular formula is C19H19ClN6O3S. The minimum Gasteiger partial charge on any atom is -0.325 e. The van der Waals surface area contributed by atoms with Gasteiger partial charge in [0.2, 0.25) is 15.9 Å². The van der Waals surface area contributed by atoms with Crippen LogP contribution in [0, 0.1) is 0 Å². The number of aryl methyl sites for hydroxylation is 1. The van der Waals surface area contributed by atoms with Crippen molar-refractivity contribution in [2.75, 3.05) is 11.9 Å². The van der Waals surface area contributed by atoms with Gasteiger partial charge in [-0.3, -0.25) is 4.79 Å². The summed E-state index contributed by atoms with van der Waals surface area (Å²) < 4.78 is 28.9. The van der Waals surface area contributed by atoms with Crippen LogP contribution in [0.3, 0.4) is 0 Å². The third kappa shape index (κ3) is 3.93. The van der Waals surface area contributed by atoms with Crippen LogP contribution in [-0.4, -0.2) is 51.4 Å². The largest absolute Gasteiger partial charge is 0.325 e. The molecule has 0 unspecified atom stereocenters. The number of carbonyl (C=O) groups excluding carboxylic acids is 1. The Morgan fingerprint density at radius 2 is 1.97 bits per heavy atom. The summed E-state index contributed by atoms with van der Waals surface area (Å²) in [4.78, 5) is 13.1. The van der Waals surface area contributed by atoms with Crippen molar-refractivity contribution in [3.63, 3.8) is 0 Å². The molecule has 0 spiro atoms. The second-order valence-electron chi connectivity index (χ2n) is 6.92. The lowest BCUT2D eigenvalue weighted by Gasteiger charge is -2.23. The van der Waals surface area contributed by atoms with Gasteiger partial charge in [0.1, 0.15) is 6.04 Å². The second kappa shape index (κ2) is 8.13. The number of hydrogen-bond acceptors (Lipinski definition) is 6. The number of nitrogens with one attached hydrogen (secondary N) is 1. The third-order valence-corrected chi connectivity index (χ3v) is 7.11. The van der Waals surface area contributed by atoms with Crippen molar-refractivity contribution >= 4 is 33.2 Å². The van der Waals surface area contributed by atoms with Gasteiger partial charge in [0.15, 0.2) is 5.82 Å². The quantitative estimate of drug-likeness (QED) is 0.644. The minimum absolute atomic E-state index is 0.114. The van der Waals surface area contributed by atoms with Gasteiger partial charge in [0, 0.05) is 29.9 Å². The van der Waals surface area contributed by atoms with Crippen LogP contribution in [0.25, 0.3) is 11.4 Å². The van der Waals surface area contributed by atoms with Crippen LogP contribution in [0.4, 0.5) is 5.69 Å². The molecule has 1 N–H and O–H groups in total. The van der Waals surface area contributed by atoms with Gasteiger partial charge in [0.25, 0.3) is 0 Å². The van der Waals surface area contributed by atoms with E-state index in [0.717, 1.165) is 5.56 Å². The molecule has 1 aliphatic rings. The average molecular weight is 447 g/mol. The fourth-order valence-electron chi connectivity index (χ4n) is 3.47. The summed E-state index contributed by atoms with van der Waals surface area (Å²) in [7, 11) is -2.09. The van der Waals surface area contributed by atoms with Gasteiger partial charge in [-0.2, -0.15) is 4.31 Å². The number of benzene rings is 2. The molecule has 2 heterocycles. The molecule has 1 atom stereocenters. The lowest BCUT2D eigenvalue weighted by atomic mass is 10.1. The lowest BCUT2D eigenvalue weighted by Crippen LogP contribution is -2.43. The van der Waals surface area contributed by atoms with E-state index >= 15 is 0 Å². The van der Waals surface area contributed by atoms with Crippen LogP contribution in [-0.2, 0) is 21.9 Å². The van der Waals surface area contributed by atoms with E-state index in [0.29, 0.717) is 29.4 Å². The molecule has 1 amide bonds. The molecule has 0 aliphatic carbocycles. The zero-order valence-electron chi connectivity index (χ0n) is 16.1. The zero-order chi connectivity index (χ0) is 21.3. The van der Waals surface area contributed by atoms with Crippen molar-refractivity contribution in [1.82, 2.24) is 24.5 Å². The number of carbonyl (C=O) groups is 1. The first kappa shape index (κ1) is 20.5. The van der Waals surface area contributed by atoms with Crippen molar-refractivity contribution in [3.8, 4) is 11.4 Å². The lowest BCUT2D eigenvalue weighted by molar-refractivity contribution is -0.119. The number of rotatable bonds is 5. The fourth-order valence-corrected chi connectivity index (χ4v) is 5.25. The molecule has 0 saturated carbocycles. The topological polar surface area (TPSA) is 110 Å². The van der Waals surface area contributed by atoms with Gasteiger partial charge < -0.3 is 5.32 Å². The van der Waals surface area contributed by atoms with Crippen molar-refractivity contribution in [3.05, 3.63) is 53.6 Å². The SMILES string of the molecule is Cn1nnnc1-c1cccc(NC(=O)[C@H]2CCCN2S(=O)(=O)c2ccc(Cl)cc2)c1. The normalized spacial score (nSPS) is 17.2. The van der Waals surface area contributed by atoms with Gasteiger partial charge in [0.05, 0.1) is 4.90 Å². The molecule has 9 nitrogen and oxygen atoms in total. The van der Waals surface area contributed by atoms with Gasteiger partial charge in [-0.15, -0.1) is 5.10 Å². The summed E-state index contributed by atoms with van der Waals surface area (Å²) in [5.74, 6) is 0.178. The number of nitrogens with zero attached hydrogens (tertiary/aromatic N) is 5. The Hall–Kier alpha value is -2.82. The van der Waals surface area contributed by atoms with E-state index in [1.807, 2.05) is 6.07 Å². The molecule has 1 aliphatic heterocycles. The van der Waals surface area contributed by atoms with E-state index in [4.69, 9.17) is 11.6 Å². The fraction of sp³-hybridized carbons (Fsp3) is 0.263. The second-order valence-corrected chi connectivity index (χ2v) is 9.25. The zero-order valence-corrected chi connectivity index (χ0v) is 17.6. The minimum atomic E-state index is -3.81. The predicted octanol–water partition coefficient (Wildman–Crippen LogP) is 2.32. The highest BCUT2D eigenvalue weighted by molar-refractivity contribution is 7.89. The molecule has 0 bridgehead atoms. The summed E-state index contributed by atoms with van der Waals surface area (Å²) in [6.45, 7) is 0.285. The Kier molecular flexibility index (Phi) is 5.54. The van der Waals surface area contributed by atoms with E-state index in [1.165, 1.54) is 33.3 Å². The van der Waals surface area contributed by atoms with Crippen molar-refractivity contribution < 1.29 is 13.2 Å².